The Balaban J connectivity index is 2.15. The molecule has 0 aliphatic carbocycles. The summed E-state index contributed by atoms with van der Waals surface area (Å²) in [5.41, 5.74) is 1.49. The highest BCUT2D eigenvalue weighted by Crippen LogP contribution is 2.15. The number of amides is 1. The number of carbonyl (C=O) groups is 2. The number of hydrogen-bond donors (Lipinski definition) is 1. The van der Waals surface area contributed by atoms with E-state index in [1.807, 2.05) is 0 Å². The molecule has 0 fully saturated rings. The molecule has 0 atom stereocenters. The molecule has 0 unspecified atom stereocenters. The van der Waals surface area contributed by atoms with E-state index in [1.54, 1.807) is 36.4 Å². The van der Waals surface area contributed by atoms with Gasteiger partial charge in [0.15, 0.2) is 5.78 Å². The second-order valence-electron chi connectivity index (χ2n) is 3.93. The molecule has 0 saturated carbocycles. The van der Waals surface area contributed by atoms with Crippen molar-refractivity contribution in [2.45, 2.75) is 6.92 Å². The first-order valence-electron chi connectivity index (χ1n) is 5.61. The van der Waals surface area contributed by atoms with Gasteiger partial charge in [-0.25, -0.2) is 4.98 Å². The standard InChI is InChI=1S/C14H11ClN2O2/c1-9(18)10-4-6-11(7-5-10)17-14(19)12-3-2-8-16-13(12)15/h2-8H,1H3,(H,17,19). The van der Waals surface area contributed by atoms with Gasteiger partial charge in [-0.2, -0.15) is 0 Å². The lowest BCUT2D eigenvalue weighted by Gasteiger charge is -2.06. The summed E-state index contributed by atoms with van der Waals surface area (Å²) < 4.78 is 0. The average Bonchev–Trinajstić information content (AvgIpc) is 2.39. The largest absolute Gasteiger partial charge is 0.322 e. The van der Waals surface area contributed by atoms with Crippen molar-refractivity contribution in [3.63, 3.8) is 0 Å². The summed E-state index contributed by atoms with van der Waals surface area (Å²) in [6.07, 6.45) is 1.51. The van der Waals surface area contributed by atoms with Gasteiger partial charge in [0.2, 0.25) is 0 Å². The van der Waals surface area contributed by atoms with Gasteiger partial charge in [-0.15, -0.1) is 0 Å². The minimum Gasteiger partial charge on any atom is -0.322 e. The van der Waals surface area contributed by atoms with E-state index in [-0.39, 0.29) is 16.8 Å². The van der Waals surface area contributed by atoms with Gasteiger partial charge in [0.05, 0.1) is 5.56 Å². The smallest absolute Gasteiger partial charge is 0.258 e. The van der Waals surface area contributed by atoms with Crippen molar-refractivity contribution in [2.24, 2.45) is 0 Å². The number of nitrogens with one attached hydrogen (secondary N) is 1. The van der Waals surface area contributed by atoms with E-state index in [0.29, 0.717) is 16.8 Å². The van der Waals surface area contributed by atoms with E-state index in [0.717, 1.165) is 0 Å². The van der Waals surface area contributed by atoms with E-state index in [1.165, 1.54) is 13.1 Å². The number of halogens is 1. The van der Waals surface area contributed by atoms with Gasteiger partial charge < -0.3 is 5.32 Å². The zero-order valence-corrected chi connectivity index (χ0v) is 10.9. The number of hydrogen-bond acceptors (Lipinski definition) is 3. The highest BCUT2D eigenvalue weighted by Gasteiger charge is 2.10. The average molecular weight is 275 g/mol. The topological polar surface area (TPSA) is 59.1 Å². The number of Topliss-reactive ketones (excluding diaryl/α,β-unsaturated/α-hetero) is 1. The third-order valence-corrected chi connectivity index (χ3v) is 2.85. The van der Waals surface area contributed by atoms with Crippen LogP contribution in [-0.2, 0) is 0 Å². The molecule has 0 spiro atoms. The third-order valence-electron chi connectivity index (χ3n) is 2.55. The molecule has 0 bridgehead atoms. The van der Waals surface area contributed by atoms with E-state index >= 15 is 0 Å². The molecule has 1 aromatic heterocycles. The van der Waals surface area contributed by atoms with E-state index < -0.39 is 0 Å². The molecule has 1 aromatic carbocycles. The van der Waals surface area contributed by atoms with Gasteiger partial charge in [0.1, 0.15) is 5.15 Å². The summed E-state index contributed by atoms with van der Waals surface area (Å²) in [6.45, 7) is 1.49. The van der Waals surface area contributed by atoms with Crippen LogP contribution in [0.2, 0.25) is 5.15 Å². The molecule has 2 aromatic rings. The van der Waals surface area contributed by atoms with Crippen molar-refractivity contribution in [2.75, 3.05) is 5.32 Å². The molecule has 1 heterocycles. The van der Waals surface area contributed by atoms with Crippen LogP contribution in [0.4, 0.5) is 5.69 Å². The summed E-state index contributed by atoms with van der Waals surface area (Å²) in [5, 5.41) is 2.84. The lowest BCUT2D eigenvalue weighted by Crippen LogP contribution is -2.12. The molecule has 1 amide bonds. The Bertz CT molecular complexity index is 624. The van der Waals surface area contributed by atoms with Gasteiger partial charge in [-0.05, 0) is 43.3 Å². The van der Waals surface area contributed by atoms with Crippen molar-refractivity contribution in [3.8, 4) is 0 Å². The van der Waals surface area contributed by atoms with E-state index in [4.69, 9.17) is 11.6 Å². The van der Waals surface area contributed by atoms with Crippen LogP contribution in [0.3, 0.4) is 0 Å². The van der Waals surface area contributed by atoms with Crippen LogP contribution in [0.25, 0.3) is 0 Å². The summed E-state index contributed by atoms with van der Waals surface area (Å²) in [5.74, 6) is -0.359. The first-order chi connectivity index (χ1) is 9.08. The maximum Gasteiger partial charge on any atom is 0.258 e. The minimum absolute atomic E-state index is 0.0202. The summed E-state index contributed by atoms with van der Waals surface area (Å²) in [4.78, 5) is 26.9. The Morgan fingerprint density at radius 2 is 1.84 bits per heavy atom. The molecular formula is C14H11ClN2O2. The van der Waals surface area contributed by atoms with Crippen LogP contribution in [-0.4, -0.2) is 16.7 Å². The van der Waals surface area contributed by atoms with Crippen LogP contribution in [0.15, 0.2) is 42.6 Å². The Kier molecular flexibility index (Phi) is 3.92. The quantitative estimate of drug-likeness (QED) is 0.691. The summed E-state index contributed by atoms with van der Waals surface area (Å²) in [6, 6.07) is 9.87. The van der Waals surface area contributed by atoms with Crippen LogP contribution in [0, 0.1) is 0 Å². The number of ketones is 1. The second-order valence-corrected chi connectivity index (χ2v) is 4.29. The molecule has 19 heavy (non-hydrogen) atoms. The Morgan fingerprint density at radius 3 is 2.42 bits per heavy atom. The molecule has 1 N–H and O–H groups in total. The zero-order chi connectivity index (χ0) is 13.8. The molecule has 0 aliphatic heterocycles. The number of carbonyl (C=O) groups excluding carboxylic acids is 2. The lowest BCUT2D eigenvalue weighted by atomic mass is 10.1. The predicted molar refractivity (Wildman–Crippen MR) is 73.6 cm³/mol. The van der Waals surface area contributed by atoms with E-state index in [9.17, 15) is 9.59 Å². The van der Waals surface area contributed by atoms with Gasteiger partial charge in [-0.1, -0.05) is 11.6 Å². The Hall–Kier alpha value is -2.20. The number of anilines is 1. The molecule has 2 rings (SSSR count). The molecule has 0 radical (unpaired) electrons. The molecule has 96 valence electrons. The van der Waals surface area contributed by atoms with Crippen molar-refractivity contribution < 1.29 is 9.59 Å². The highest BCUT2D eigenvalue weighted by atomic mass is 35.5. The second kappa shape index (κ2) is 5.63. The van der Waals surface area contributed by atoms with Crippen LogP contribution >= 0.6 is 11.6 Å². The van der Waals surface area contributed by atoms with Gasteiger partial charge in [-0.3, -0.25) is 9.59 Å². The number of nitrogens with zero attached hydrogens (tertiary/aromatic N) is 1. The lowest BCUT2D eigenvalue weighted by molar-refractivity contribution is 0.101. The van der Waals surface area contributed by atoms with Gasteiger partial charge >= 0.3 is 0 Å². The maximum atomic E-state index is 12.0. The predicted octanol–water partition coefficient (Wildman–Crippen LogP) is 3.19. The number of benzene rings is 1. The SMILES string of the molecule is CC(=O)c1ccc(NC(=O)c2cccnc2Cl)cc1. The molecular weight excluding hydrogens is 264 g/mol. The molecule has 5 heteroatoms. The number of pyridine rings is 1. The summed E-state index contributed by atoms with van der Waals surface area (Å²) in [7, 11) is 0. The fraction of sp³-hybridized carbons (Fsp3) is 0.0714. The monoisotopic (exact) mass is 274 g/mol. The van der Waals surface area contributed by atoms with Crippen molar-refractivity contribution in [1.29, 1.82) is 0 Å². The van der Waals surface area contributed by atoms with Crippen molar-refractivity contribution in [1.82, 2.24) is 4.98 Å². The van der Waals surface area contributed by atoms with Gasteiger partial charge in [0.25, 0.3) is 5.91 Å². The Morgan fingerprint density at radius 1 is 1.16 bits per heavy atom. The molecule has 0 saturated heterocycles. The fourth-order valence-corrected chi connectivity index (χ4v) is 1.75. The first-order valence-corrected chi connectivity index (χ1v) is 5.98. The van der Waals surface area contributed by atoms with Gasteiger partial charge in [0, 0.05) is 17.4 Å². The maximum absolute atomic E-state index is 12.0. The third kappa shape index (κ3) is 3.17. The molecule has 0 aliphatic rings. The Labute approximate surface area is 115 Å². The van der Waals surface area contributed by atoms with Crippen molar-refractivity contribution in [3.05, 3.63) is 58.9 Å². The highest BCUT2D eigenvalue weighted by molar-refractivity contribution is 6.33. The fourth-order valence-electron chi connectivity index (χ4n) is 1.54. The first kappa shape index (κ1) is 13.2. The normalized spacial score (nSPS) is 10.0. The molecule has 4 nitrogen and oxygen atoms in total. The van der Waals surface area contributed by atoms with Crippen LogP contribution in [0.5, 0.6) is 0 Å². The van der Waals surface area contributed by atoms with E-state index in [2.05, 4.69) is 10.3 Å². The number of aromatic nitrogens is 1. The zero-order valence-electron chi connectivity index (χ0n) is 10.2. The summed E-state index contributed by atoms with van der Waals surface area (Å²) >= 11 is 5.84. The van der Waals surface area contributed by atoms with Crippen molar-refractivity contribution >= 4 is 29.0 Å². The number of rotatable bonds is 3. The van der Waals surface area contributed by atoms with Crippen LogP contribution in [0.1, 0.15) is 27.6 Å². The van der Waals surface area contributed by atoms with Crippen LogP contribution < -0.4 is 5.32 Å². The minimum atomic E-state index is -0.339.